The fourth-order valence-corrected chi connectivity index (χ4v) is 3.02. The van der Waals surface area contributed by atoms with Gasteiger partial charge in [-0.05, 0) is 56.8 Å². The molecule has 0 spiro atoms. The van der Waals surface area contributed by atoms with Crippen LogP contribution in [0.25, 0.3) is 0 Å². The first-order valence-electron chi connectivity index (χ1n) is 7.33. The summed E-state index contributed by atoms with van der Waals surface area (Å²) in [5.74, 6) is 0.930. The maximum atomic E-state index is 5.85. The molecule has 1 aromatic rings. The fraction of sp³-hybridized carbons (Fsp3) is 0.625. The van der Waals surface area contributed by atoms with E-state index in [1.165, 1.54) is 31.4 Å². The molecule has 2 N–H and O–H groups in total. The van der Waals surface area contributed by atoms with E-state index in [4.69, 9.17) is 10.5 Å². The lowest BCUT2D eigenvalue weighted by Gasteiger charge is -2.30. The van der Waals surface area contributed by atoms with E-state index in [2.05, 4.69) is 24.0 Å². The van der Waals surface area contributed by atoms with Crippen LogP contribution in [0.4, 0.5) is 0 Å². The Kier molecular flexibility index (Phi) is 5.23. The Morgan fingerprint density at radius 3 is 2.74 bits per heavy atom. The Labute approximate surface area is 116 Å². The molecule has 1 heterocycles. The molecule has 2 unspecified atom stereocenters. The van der Waals surface area contributed by atoms with Crippen LogP contribution in [0.3, 0.4) is 0 Å². The van der Waals surface area contributed by atoms with Gasteiger partial charge in [-0.3, -0.25) is 4.90 Å². The number of nitrogens with zero attached hydrogens (tertiary/aromatic N) is 1. The Morgan fingerprint density at radius 2 is 2.11 bits per heavy atom. The zero-order chi connectivity index (χ0) is 13.7. The minimum Gasteiger partial charge on any atom is -0.497 e. The Morgan fingerprint density at radius 1 is 1.37 bits per heavy atom. The molecule has 1 aliphatic rings. The molecule has 0 radical (unpaired) electrons. The first kappa shape index (κ1) is 14.4. The summed E-state index contributed by atoms with van der Waals surface area (Å²) in [5, 5.41) is 0. The molecule has 0 amide bonds. The van der Waals surface area contributed by atoms with Gasteiger partial charge in [0.1, 0.15) is 5.75 Å². The van der Waals surface area contributed by atoms with Gasteiger partial charge in [0.25, 0.3) is 0 Å². The summed E-state index contributed by atoms with van der Waals surface area (Å²) in [5.41, 5.74) is 7.23. The van der Waals surface area contributed by atoms with Crippen LogP contribution in [0.2, 0.25) is 0 Å². The molecule has 1 saturated heterocycles. The summed E-state index contributed by atoms with van der Waals surface area (Å²) < 4.78 is 5.18. The normalized spacial score (nSPS) is 21.5. The summed E-state index contributed by atoms with van der Waals surface area (Å²) in [6, 6.07) is 9.63. The highest BCUT2D eigenvalue weighted by Crippen LogP contribution is 2.22. The van der Waals surface area contributed by atoms with E-state index >= 15 is 0 Å². The maximum absolute atomic E-state index is 5.85. The minimum atomic E-state index is 0.603. The van der Waals surface area contributed by atoms with E-state index < -0.39 is 0 Å². The van der Waals surface area contributed by atoms with Crippen molar-refractivity contribution in [2.75, 3.05) is 20.2 Å². The van der Waals surface area contributed by atoms with E-state index in [1.54, 1.807) is 7.11 Å². The number of nitrogens with two attached hydrogens (primary N) is 1. The Hall–Kier alpha value is -1.06. The van der Waals surface area contributed by atoms with Gasteiger partial charge in [-0.2, -0.15) is 0 Å². The van der Waals surface area contributed by atoms with Crippen molar-refractivity contribution in [3.63, 3.8) is 0 Å². The van der Waals surface area contributed by atoms with Crippen molar-refractivity contribution >= 4 is 0 Å². The van der Waals surface area contributed by atoms with Crippen molar-refractivity contribution in [1.29, 1.82) is 0 Å². The second kappa shape index (κ2) is 6.92. The van der Waals surface area contributed by atoms with Gasteiger partial charge < -0.3 is 10.5 Å². The molecule has 0 aromatic heterocycles. The highest BCUT2D eigenvalue weighted by atomic mass is 16.5. The zero-order valence-electron chi connectivity index (χ0n) is 12.1. The van der Waals surface area contributed by atoms with Crippen molar-refractivity contribution < 1.29 is 4.74 Å². The topological polar surface area (TPSA) is 38.5 Å². The number of ether oxygens (including phenoxy) is 1. The molecule has 0 bridgehead atoms. The molecule has 1 aromatic carbocycles. The van der Waals surface area contributed by atoms with Crippen LogP contribution in [0, 0.1) is 0 Å². The molecule has 1 aliphatic heterocycles. The minimum absolute atomic E-state index is 0.603. The van der Waals surface area contributed by atoms with Crippen molar-refractivity contribution in [2.45, 2.75) is 44.7 Å². The van der Waals surface area contributed by atoms with Gasteiger partial charge in [0.2, 0.25) is 0 Å². The van der Waals surface area contributed by atoms with Crippen LogP contribution in [0.15, 0.2) is 24.3 Å². The van der Waals surface area contributed by atoms with Crippen molar-refractivity contribution in [1.82, 2.24) is 4.90 Å². The number of methoxy groups -OCH3 is 1. The van der Waals surface area contributed by atoms with Crippen LogP contribution >= 0.6 is 0 Å². The van der Waals surface area contributed by atoms with Gasteiger partial charge in [-0.25, -0.2) is 0 Å². The quantitative estimate of drug-likeness (QED) is 0.856. The van der Waals surface area contributed by atoms with Crippen molar-refractivity contribution in [3.8, 4) is 5.75 Å². The average Bonchev–Trinajstić information content (AvgIpc) is 2.93. The lowest BCUT2D eigenvalue weighted by Crippen LogP contribution is -2.41. The smallest absolute Gasteiger partial charge is 0.118 e. The first-order chi connectivity index (χ1) is 9.24. The number of hydrogen-bond acceptors (Lipinski definition) is 3. The number of rotatable bonds is 6. The predicted molar refractivity (Wildman–Crippen MR) is 79.6 cm³/mol. The molecule has 19 heavy (non-hydrogen) atoms. The predicted octanol–water partition coefficient (Wildman–Crippen LogP) is 2.44. The molecule has 1 fully saturated rings. The largest absolute Gasteiger partial charge is 0.497 e. The van der Waals surface area contributed by atoms with E-state index in [0.717, 1.165) is 18.7 Å². The summed E-state index contributed by atoms with van der Waals surface area (Å²) in [7, 11) is 1.71. The number of aryl methyl sites for hydroxylation is 1. The van der Waals surface area contributed by atoms with Gasteiger partial charge in [-0.1, -0.05) is 12.1 Å². The molecule has 2 rings (SSSR count). The molecular weight excluding hydrogens is 236 g/mol. The molecule has 3 heteroatoms. The summed E-state index contributed by atoms with van der Waals surface area (Å²) >= 11 is 0. The number of hydrogen-bond donors (Lipinski definition) is 1. The Bertz CT molecular complexity index is 377. The molecule has 0 saturated carbocycles. The van der Waals surface area contributed by atoms with Gasteiger partial charge in [0, 0.05) is 18.6 Å². The van der Waals surface area contributed by atoms with Gasteiger partial charge >= 0.3 is 0 Å². The third kappa shape index (κ3) is 3.71. The second-order valence-electron chi connectivity index (χ2n) is 5.51. The van der Waals surface area contributed by atoms with Crippen LogP contribution in [-0.2, 0) is 6.42 Å². The maximum Gasteiger partial charge on any atom is 0.118 e. The third-order valence-corrected chi connectivity index (χ3v) is 4.27. The van der Waals surface area contributed by atoms with E-state index in [-0.39, 0.29) is 0 Å². The first-order valence-corrected chi connectivity index (χ1v) is 7.33. The monoisotopic (exact) mass is 262 g/mol. The van der Waals surface area contributed by atoms with Gasteiger partial charge in [-0.15, -0.1) is 0 Å². The van der Waals surface area contributed by atoms with E-state index in [1.807, 2.05) is 12.1 Å². The van der Waals surface area contributed by atoms with Crippen LogP contribution in [0.5, 0.6) is 5.75 Å². The summed E-state index contributed by atoms with van der Waals surface area (Å²) in [6.45, 7) is 4.34. The van der Waals surface area contributed by atoms with Gasteiger partial charge in [0.05, 0.1) is 7.11 Å². The van der Waals surface area contributed by atoms with E-state index in [9.17, 15) is 0 Å². The third-order valence-electron chi connectivity index (χ3n) is 4.27. The molecule has 106 valence electrons. The molecule has 3 nitrogen and oxygen atoms in total. The average molecular weight is 262 g/mol. The van der Waals surface area contributed by atoms with Crippen molar-refractivity contribution in [2.24, 2.45) is 5.73 Å². The summed E-state index contributed by atoms with van der Waals surface area (Å²) in [4.78, 5) is 2.59. The Balaban J connectivity index is 1.83. The lowest BCUT2D eigenvalue weighted by atomic mass is 10.0. The summed E-state index contributed by atoms with van der Waals surface area (Å²) in [6.07, 6.45) is 4.89. The van der Waals surface area contributed by atoms with Crippen LogP contribution in [-0.4, -0.2) is 37.2 Å². The lowest BCUT2D eigenvalue weighted by molar-refractivity contribution is 0.187. The zero-order valence-corrected chi connectivity index (χ0v) is 12.1. The SMILES string of the molecule is COc1ccc(CCC(C)N2CCCC2CN)cc1. The fourth-order valence-electron chi connectivity index (χ4n) is 3.02. The van der Waals surface area contributed by atoms with Crippen LogP contribution < -0.4 is 10.5 Å². The highest BCUT2D eigenvalue weighted by molar-refractivity contribution is 5.27. The standard InChI is InChI=1S/C16H26N2O/c1-13(18-11-3-4-15(18)12-17)5-6-14-7-9-16(19-2)10-8-14/h7-10,13,15H,3-6,11-12,17H2,1-2H3. The molecule has 0 aliphatic carbocycles. The second-order valence-corrected chi connectivity index (χ2v) is 5.51. The highest BCUT2D eigenvalue weighted by Gasteiger charge is 2.26. The number of likely N-dealkylation sites (tertiary alicyclic amines) is 1. The van der Waals surface area contributed by atoms with Gasteiger partial charge in [0.15, 0.2) is 0 Å². The molecular formula is C16H26N2O. The molecule has 2 atom stereocenters. The van der Waals surface area contributed by atoms with Crippen LogP contribution in [0.1, 0.15) is 31.7 Å². The van der Waals surface area contributed by atoms with E-state index in [0.29, 0.717) is 12.1 Å². The number of benzene rings is 1. The van der Waals surface area contributed by atoms with Crippen molar-refractivity contribution in [3.05, 3.63) is 29.8 Å².